The lowest BCUT2D eigenvalue weighted by Crippen LogP contribution is -2.60. The maximum absolute atomic E-state index is 12.7. The summed E-state index contributed by atoms with van der Waals surface area (Å²) in [5, 5.41) is 2.98. The minimum absolute atomic E-state index is 0.236. The van der Waals surface area contributed by atoms with Crippen LogP contribution in [0.2, 0.25) is 0 Å². The number of nitrogens with zero attached hydrogens (tertiary/aromatic N) is 1. The van der Waals surface area contributed by atoms with Crippen molar-refractivity contribution < 1.29 is 14.3 Å². The van der Waals surface area contributed by atoms with E-state index < -0.39 is 5.54 Å². The fourth-order valence-corrected chi connectivity index (χ4v) is 3.46. The van der Waals surface area contributed by atoms with E-state index in [0.29, 0.717) is 25.0 Å². The van der Waals surface area contributed by atoms with Crippen molar-refractivity contribution in [1.82, 2.24) is 10.2 Å². The third-order valence-corrected chi connectivity index (χ3v) is 5.01. The molecule has 0 unspecified atom stereocenters. The number of hydrogen-bond donors (Lipinski definition) is 1. The second-order valence-electron chi connectivity index (χ2n) is 6.88. The molecule has 0 bridgehead atoms. The van der Waals surface area contributed by atoms with Gasteiger partial charge in [-0.1, -0.05) is 48.5 Å². The molecular formula is C22H26N2O3. The molecule has 0 radical (unpaired) electrons. The number of piperidine rings is 1. The molecule has 1 heterocycles. The summed E-state index contributed by atoms with van der Waals surface area (Å²) >= 11 is 0. The molecule has 142 valence electrons. The lowest BCUT2D eigenvalue weighted by Gasteiger charge is -2.40. The number of carbonyl (C=O) groups is 2. The van der Waals surface area contributed by atoms with E-state index in [1.54, 1.807) is 19.1 Å². The van der Waals surface area contributed by atoms with Gasteiger partial charge in [-0.3, -0.25) is 9.69 Å². The number of benzene rings is 2. The van der Waals surface area contributed by atoms with Crippen LogP contribution in [0.3, 0.4) is 0 Å². The Kier molecular flexibility index (Phi) is 6.24. The molecular weight excluding hydrogens is 340 g/mol. The van der Waals surface area contributed by atoms with Crippen molar-refractivity contribution in [2.24, 2.45) is 0 Å². The zero-order chi connectivity index (χ0) is 19.1. The van der Waals surface area contributed by atoms with Gasteiger partial charge in [-0.2, -0.15) is 0 Å². The Bertz CT molecular complexity index is 754. The molecule has 2 aromatic rings. The first kappa shape index (κ1) is 19.1. The number of nitrogens with one attached hydrogen (secondary N) is 1. The van der Waals surface area contributed by atoms with Crippen molar-refractivity contribution in [3.8, 4) is 0 Å². The average Bonchev–Trinajstić information content (AvgIpc) is 2.71. The standard InChI is InChI=1S/C22H26N2O3/c1-2-27-21(26)22(23-20(25)19-11-7-4-8-12-19)13-15-24(16-14-22)17-18-9-5-3-6-10-18/h3-12H,2,13-17H2,1H3,(H,23,25). The van der Waals surface area contributed by atoms with Crippen LogP contribution in [0.25, 0.3) is 0 Å². The van der Waals surface area contributed by atoms with Gasteiger partial charge in [-0.05, 0) is 37.5 Å². The number of carbonyl (C=O) groups excluding carboxylic acids is 2. The number of hydrogen-bond acceptors (Lipinski definition) is 4. The fraction of sp³-hybridized carbons (Fsp3) is 0.364. The van der Waals surface area contributed by atoms with Crippen molar-refractivity contribution in [3.05, 3.63) is 71.8 Å². The van der Waals surface area contributed by atoms with Crippen LogP contribution in [0.4, 0.5) is 0 Å². The van der Waals surface area contributed by atoms with Crippen LogP contribution in [-0.2, 0) is 16.1 Å². The average molecular weight is 366 g/mol. The maximum Gasteiger partial charge on any atom is 0.331 e. The van der Waals surface area contributed by atoms with Gasteiger partial charge in [-0.15, -0.1) is 0 Å². The van der Waals surface area contributed by atoms with E-state index in [4.69, 9.17) is 4.74 Å². The Hall–Kier alpha value is -2.66. The third-order valence-electron chi connectivity index (χ3n) is 5.01. The van der Waals surface area contributed by atoms with E-state index in [-0.39, 0.29) is 11.9 Å². The normalized spacial score (nSPS) is 16.5. The summed E-state index contributed by atoms with van der Waals surface area (Å²) in [6, 6.07) is 19.3. The zero-order valence-electron chi connectivity index (χ0n) is 15.7. The van der Waals surface area contributed by atoms with E-state index in [1.807, 2.05) is 36.4 Å². The summed E-state index contributed by atoms with van der Waals surface area (Å²) in [5.41, 5.74) is 0.832. The quantitative estimate of drug-likeness (QED) is 0.799. The first-order chi connectivity index (χ1) is 13.1. The molecule has 0 atom stereocenters. The monoisotopic (exact) mass is 366 g/mol. The molecule has 1 fully saturated rings. The highest BCUT2D eigenvalue weighted by atomic mass is 16.5. The van der Waals surface area contributed by atoms with Crippen molar-refractivity contribution in [3.63, 3.8) is 0 Å². The van der Waals surface area contributed by atoms with Crippen molar-refractivity contribution in [2.45, 2.75) is 31.8 Å². The lowest BCUT2D eigenvalue weighted by molar-refractivity contribution is -0.153. The Balaban J connectivity index is 1.69. The molecule has 1 amide bonds. The number of ether oxygens (including phenoxy) is 1. The van der Waals surface area contributed by atoms with Gasteiger partial charge in [-0.25, -0.2) is 4.79 Å². The minimum atomic E-state index is -0.962. The van der Waals surface area contributed by atoms with Crippen LogP contribution >= 0.6 is 0 Å². The number of likely N-dealkylation sites (tertiary alicyclic amines) is 1. The molecule has 0 aromatic heterocycles. The first-order valence-electron chi connectivity index (χ1n) is 9.44. The highest BCUT2D eigenvalue weighted by molar-refractivity contribution is 5.98. The van der Waals surface area contributed by atoms with Gasteiger partial charge >= 0.3 is 5.97 Å². The SMILES string of the molecule is CCOC(=O)C1(NC(=O)c2ccccc2)CCN(Cc2ccccc2)CC1. The molecule has 0 spiro atoms. The van der Waals surface area contributed by atoms with E-state index in [9.17, 15) is 9.59 Å². The third kappa shape index (κ3) is 4.74. The van der Waals surface area contributed by atoms with Crippen LogP contribution in [0, 0.1) is 0 Å². The highest BCUT2D eigenvalue weighted by Gasteiger charge is 2.44. The molecule has 1 N–H and O–H groups in total. The number of esters is 1. The molecule has 1 saturated heterocycles. The summed E-state index contributed by atoms with van der Waals surface area (Å²) in [6.45, 7) is 4.38. The van der Waals surface area contributed by atoms with Gasteiger partial charge in [0.1, 0.15) is 5.54 Å². The fourth-order valence-electron chi connectivity index (χ4n) is 3.46. The van der Waals surface area contributed by atoms with E-state index in [0.717, 1.165) is 19.6 Å². The van der Waals surface area contributed by atoms with Gasteiger partial charge < -0.3 is 10.1 Å². The van der Waals surface area contributed by atoms with Crippen LogP contribution < -0.4 is 5.32 Å². The Morgan fingerprint density at radius 3 is 2.19 bits per heavy atom. The Morgan fingerprint density at radius 2 is 1.59 bits per heavy atom. The predicted molar refractivity (Wildman–Crippen MR) is 104 cm³/mol. The molecule has 5 heteroatoms. The molecule has 5 nitrogen and oxygen atoms in total. The molecule has 2 aromatic carbocycles. The second kappa shape index (κ2) is 8.82. The molecule has 27 heavy (non-hydrogen) atoms. The summed E-state index contributed by atoms with van der Waals surface area (Å²) in [4.78, 5) is 27.7. The van der Waals surface area contributed by atoms with Crippen LogP contribution in [0.15, 0.2) is 60.7 Å². The highest BCUT2D eigenvalue weighted by Crippen LogP contribution is 2.26. The smallest absolute Gasteiger partial charge is 0.331 e. The molecule has 0 aliphatic carbocycles. The van der Waals surface area contributed by atoms with Crippen molar-refractivity contribution in [2.75, 3.05) is 19.7 Å². The van der Waals surface area contributed by atoms with Gasteiger partial charge in [0.15, 0.2) is 0 Å². The van der Waals surface area contributed by atoms with Crippen LogP contribution in [0.5, 0.6) is 0 Å². The van der Waals surface area contributed by atoms with Gasteiger partial charge in [0.25, 0.3) is 5.91 Å². The topological polar surface area (TPSA) is 58.6 Å². The first-order valence-corrected chi connectivity index (χ1v) is 9.44. The molecule has 0 saturated carbocycles. The zero-order valence-corrected chi connectivity index (χ0v) is 15.7. The largest absolute Gasteiger partial charge is 0.464 e. The minimum Gasteiger partial charge on any atom is -0.464 e. The van der Waals surface area contributed by atoms with Crippen LogP contribution in [0.1, 0.15) is 35.7 Å². The summed E-state index contributed by atoms with van der Waals surface area (Å²) in [6.07, 6.45) is 1.08. The number of rotatable bonds is 6. The van der Waals surface area contributed by atoms with E-state index in [1.165, 1.54) is 5.56 Å². The van der Waals surface area contributed by atoms with Gasteiger partial charge in [0.2, 0.25) is 0 Å². The van der Waals surface area contributed by atoms with Gasteiger partial charge in [0, 0.05) is 25.2 Å². The molecule has 1 aliphatic heterocycles. The summed E-state index contributed by atoms with van der Waals surface area (Å²) in [7, 11) is 0. The Labute approximate surface area is 160 Å². The summed E-state index contributed by atoms with van der Waals surface area (Å²) in [5.74, 6) is -0.575. The van der Waals surface area contributed by atoms with Crippen molar-refractivity contribution in [1.29, 1.82) is 0 Å². The molecule has 3 rings (SSSR count). The van der Waals surface area contributed by atoms with E-state index >= 15 is 0 Å². The molecule has 1 aliphatic rings. The van der Waals surface area contributed by atoms with Crippen molar-refractivity contribution >= 4 is 11.9 Å². The van der Waals surface area contributed by atoms with Gasteiger partial charge in [0.05, 0.1) is 6.61 Å². The van der Waals surface area contributed by atoms with E-state index in [2.05, 4.69) is 22.3 Å². The maximum atomic E-state index is 12.7. The summed E-state index contributed by atoms with van der Waals surface area (Å²) < 4.78 is 5.30. The number of amides is 1. The van der Waals surface area contributed by atoms with Crippen LogP contribution in [-0.4, -0.2) is 42.0 Å². The Morgan fingerprint density at radius 1 is 1.00 bits per heavy atom. The predicted octanol–water partition coefficient (Wildman–Crippen LogP) is 3.01. The lowest BCUT2D eigenvalue weighted by atomic mass is 9.86. The second-order valence-corrected chi connectivity index (χ2v) is 6.88.